The van der Waals surface area contributed by atoms with Gasteiger partial charge in [0.25, 0.3) is 0 Å². The molecule has 29 heavy (non-hydrogen) atoms. The number of aliphatic imine (C=N–C) groups is 1. The second kappa shape index (κ2) is 10.9. The lowest BCUT2D eigenvalue weighted by Crippen LogP contribution is -2.49. The van der Waals surface area contributed by atoms with E-state index in [1.807, 2.05) is 19.2 Å². The predicted molar refractivity (Wildman–Crippen MR) is 112 cm³/mol. The van der Waals surface area contributed by atoms with Gasteiger partial charge in [0.15, 0.2) is 5.96 Å². The minimum atomic E-state index is -0.199. The van der Waals surface area contributed by atoms with Crippen molar-refractivity contribution in [3.05, 3.63) is 35.6 Å². The summed E-state index contributed by atoms with van der Waals surface area (Å²) < 4.78 is 29.8. The quantitative estimate of drug-likeness (QED) is 0.408. The van der Waals surface area contributed by atoms with Crippen molar-refractivity contribution >= 4 is 5.96 Å². The van der Waals surface area contributed by atoms with Crippen LogP contribution in [0.25, 0.3) is 0 Å². The Morgan fingerprint density at radius 2 is 2.03 bits per heavy atom. The van der Waals surface area contributed by atoms with Crippen LogP contribution in [0, 0.1) is 11.7 Å². The van der Waals surface area contributed by atoms with Crippen molar-refractivity contribution in [2.24, 2.45) is 10.9 Å². The van der Waals surface area contributed by atoms with E-state index in [-0.39, 0.29) is 11.2 Å². The normalized spacial score (nSPS) is 22.1. The number of benzene rings is 1. The molecule has 1 aromatic carbocycles. The summed E-state index contributed by atoms with van der Waals surface area (Å²) in [6.07, 6.45) is 2.93. The largest absolute Gasteiger partial charge is 0.382 e. The van der Waals surface area contributed by atoms with Crippen molar-refractivity contribution in [2.75, 3.05) is 66.8 Å². The maximum Gasteiger partial charge on any atom is 0.193 e. The van der Waals surface area contributed by atoms with Crippen LogP contribution >= 0.6 is 0 Å². The topological polar surface area (TPSA) is 55.3 Å². The summed E-state index contributed by atoms with van der Waals surface area (Å²) in [5.41, 5.74) is 1.10. The van der Waals surface area contributed by atoms with E-state index in [0.29, 0.717) is 19.1 Å². The Kier molecular flexibility index (Phi) is 8.27. The first kappa shape index (κ1) is 22.0. The molecule has 1 N–H and O–H groups in total. The Balaban J connectivity index is 1.57. The molecule has 1 aromatic rings. The molecule has 2 saturated heterocycles. The molecule has 0 aliphatic carbocycles. The predicted octanol–water partition coefficient (Wildman–Crippen LogP) is 2.43. The van der Waals surface area contributed by atoms with Gasteiger partial charge in [0.2, 0.25) is 0 Å². The number of nitrogens with zero attached hydrogens (tertiary/aromatic N) is 2. The highest BCUT2D eigenvalue weighted by Crippen LogP contribution is 2.34. The molecule has 0 saturated carbocycles. The number of hydrogen-bond donors (Lipinski definition) is 1. The third-order valence-electron chi connectivity index (χ3n) is 6.07. The van der Waals surface area contributed by atoms with Crippen molar-refractivity contribution in [1.82, 2.24) is 10.2 Å². The lowest BCUT2D eigenvalue weighted by atomic mass is 9.74. The van der Waals surface area contributed by atoms with Crippen LogP contribution in [0.1, 0.15) is 24.8 Å². The number of rotatable bonds is 8. The molecule has 3 rings (SSSR count). The first-order chi connectivity index (χ1) is 14.2. The molecule has 0 bridgehead atoms. The number of likely N-dealkylation sites (tertiary alicyclic amines) is 1. The fourth-order valence-electron chi connectivity index (χ4n) is 4.27. The van der Waals surface area contributed by atoms with Gasteiger partial charge in [-0.2, -0.15) is 0 Å². The molecule has 2 aliphatic heterocycles. The lowest BCUT2D eigenvalue weighted by Gasteiger charge is -2.39. The third kappa shape index (κ3) is 5.90. The van der Waals surface area contributed by atoms with Crippen LogP contribution in [0.15, 0.2) is 29.3 Å². The van der Waals surface area contributed by atoms with Crippen molar-refractivity contribution in [3.63, 3.8) is 0 Å². The number of nitrogens with one attached hydrogen (secondary N) is 1. The minimum Gasteiger partial charge on any atom is -0.382 e. The maximum absolute atomic E-state index is 13.4. The van der Waals surface area contributed by atoms with E-state index in [0.717, 1.165) is 70.2 Å². The zero-order valence-electron chi connectivity index (χ0n) is 17.7. The third-order valence-corrected chi connectivity index (χ3v) is 6.07. The Labute approximate surface area is 173 Å². The van der Waals surface area contributed by atoms with Gasteiger partial charge in [0.05, 0.1) is 19.8 Å². The van der Waals surface area contributed by atoms with E-state index >= 15 is 0 Å². The maximum atomic E-state index is 13.4. The number of ether oxygens (including phenoxy) is 3. The van der Waals surface area contributed by atoms with E-state index in [2.05, 4.69) is 15.2 Å². The van der Waals surface area contributed by atoms with E-state index in [1.165, 1.54) is 0 Å². The van der Waals surface area contributed by atoms with Crippen LogP contribution in [0.3, 0.4) is 0 Å². The first-order valence-corrected chi connectivity index (χ1v) is 10.5. The molecule has 6 nitrogen and oxygen atoms in total. The summed E-state index contributed by atoms with van der Waals surface area (Å²) in [6.45, 7) is 6.17. The lowest BCUT2D eigenvalue weighted by molar-refractivity contribution is 0.0509. The van der Waals surface area contributed by atoms with Gasteiger partial charge in [-0.15, -0.1) is 0 Å². The van der Waals surface area contributed by atoms with Crippen molar-refractivity contribution in [3.8, 4) is 0 Å². The van der Waals surface area contributed by atoms with Crippen LogP contribution in [0.4, 0.5) is 4.39 Å². The Hall–Kier alpha value is -1.70. The van der Waals surface area contributed by atoms with Crippen LogP contribution in [0.5, 0.6) is 0 Å². The molecule has 1 unspecified atom stereocenters. The zero-order valence-corrected chi connectivity index (χ0v) is 17.7. The summed E-state index contributed by atoms with van der Waals surface area (Å²) in [7, 11) is 3.52. The van der Waals surface area contributed by atoms with Crippen molar-refractivity contribution < 1.29 is 18.6 Å². The summed E-state index contributed by atoms with van der Waals surface area (Å²) in [4.78, 5) is 6.82. The highest BCUT2D eigenvalue weighted by atomic mass is 19.1. The monoisotopic (exact) mass is 407 g/mol. The van der Waals surface area contributed by atoms with E-state index < -0.39 is 0 Å². The Morgan fingerprint density at radius 3 is 2.72 bits per heavy atom. The molecule has 2 heterocycles. The molecule has 1 atom stereocenters. The van der Waals surface area contributed by atoms with Gasteiger partial charge in [-0.05, 0) is 37.0 Å². The summed E-state index contributed by atoms with van der Waals surface area (Å²) >= 11 is 0. The fourth-order valence-corrected chi connectivity index (χ4v) is 4.27. The van der Waals surface area contributed by atoms with E-state index in [4.69, 9.17) is 14.2 Å². The van der Waals surface area contributed by atoms with Gasteiger partial charge in [-0.25, -0.2) is 4.39 Å². The van der Waals surface area contributed by atoms with Gasteiger partial charge >= 0.3 is 0 Å². The molecule has 0 radical (unpaired) electrons. The number of guanidine groups is 1. The van der Waals surface area contributed by atoms with Crippen LogP contribution < -0.4 is 5.32 Å². The van der Waals surface area contributed by atoms with Crippen LogP contribution in [-0.2, 0) is 19.6 Å². The van der Waals surface area contributed by atoms with Gasteiger partial charge in [-0.3, -0.25) is 4.99 Å². The molecular weight excluding hydrogens is 373 g/mol. The Morgan fingerprint density at radius 1 is 1.28 bits per heavy atom. The van der Waals surface area contributed by atoms with Gasteiger partial charge in [-0.1, -0.05) is 12.1 Å². The van der Waals surface area contributed by atoms with E-state index in [1.54, 1.807) is 19.2 Å². The van der Waals surface area contributed by atoms with Crippen molar-refractivity contribution in [1.29, 1.82) is 0 Å². The highest BCUT2D eigenvalue weighted by Gasteiger charge is 2.35. The molecule has 2 fully saturated rings. The minimum absolute atomic E-state index is 0.0652. The highest BCUT2D eigenvalue weighted by molar-refractivity contribution is 5.80. The average Bonchev–Trinajstić information content (AvgIpc) is 3.21. The van der Waals surface area contributed by atoms with Gasteiger partial charge < -0.3 is 24.4 Å². The zero-order chi connectivity index (χ0) is 20.5. The average molecular weight is 408 g/mol. The van der Waals surface area contributed by atoms with E-state index in [9.17, 15) is 4.39 Å². The molecule has 0 spiro atoms. The molecular formula is C22H34FN3O3. The van der Waals surface area contributed by atoms with Crippen LogP contribution in [0.2, 0.25) is 0 Å². The molecule has 7 heteroatoms. The second-order valence-electron chi connectivity index (χ2n) is 7.97. The van der Waals surface area contributed by atoms with Crippen LogP contribution in [-0.4, -0.2) is 77.7 Å². The Bertz CT molecular complexity index is 647. The molecule has 0 amide bonds. The second-order valence-corrected chi connectivity index (χ2v) is 7.97. The van der Waals surface area contributed by atoms with Gasteiger partial charge in [0.1, 0.15) is 5.82 Å². The molecule has 2 aliphatic rings. The number of hydrogen-bond acceptors (Lipinski definition) is 4. The standard InChI is InChI=1S/C22H34FN3O3/c1-24-21(26-10-7-18(15-26)16-29-14-13-27-2)25-17-22(8-11-28-12-9-22)19-3-5-20(23)6-4-19/h3-6,18H,7-17H2,1-2H3,(H,24,25). The summed E-state index contributed by atoms with van der Waals surface area (Å²) in [6, 6.07) is 6.93. The summed E-state index contributed by atoms with van der Waals surface area (Å²) in [5, 5.41) is 3.60. The number of methoxy groups -OCH3 is 1. The first-order valence-electron chi connectivity index (χ1n) is 10.5. The fraction of sp³-hybridized carbons (Fsp3) is 0.682. The van der Waals surface area contributed by atoms with Gasteiger partial charge in [0, 0.05) is 58.3 Å². The van der Waals surface area contributed by atoms with Crippen molar-refractivity contribution in [2.45, 2.75) is 24.7 Å². The number of halogens is 1. The smallest absolute Gasteiger partial charge is 0.193 e. The summed E-state index contributed by atoms with van der Waals surface area (Å²) in [5.74, 6) is 1.24. The molecule has 162 valence electrons. The molecule has 0 aromatic heterocycles. The SMILES string of the molecule is CN=C(NCC1(c2ccc(F)cc2)CCOCC1)N1CCC(COCCOC)C1.